The van der Waals surface area contributed by atoms with Crippen molar-refractivity contribution >= 4 is 28.3 Å². The molecule has 1 aliphatic heterocycles. The highest BCUT2D eigenvalue weighted by Gasteiger charge is 2.26. The summed E-state index contributed by atoms with van der Waals surface area (Å²) in [6.45, 7) is 5.82. The Kier molecular flexibility index (Phi) is 8.99. The Bertz CT molecular complexity index is 676. The third-order valence-electron chi connectivity index (χ3n) is 4.56. The minimum absolute atomic E-state index is 0. The summed E-state index contributed by atoms with van der Waals surface area (Å²) in [5, 5.41) is 2.80. The van der Waals surface area contributed by atoms with Crippen LogP contribution in [0.1, 0.15) is 25.8 Å². The van der Waals surface area contributed by atoms with Crippen molar-refractivity contribution < 1.29 is 17.9 Å². The molecule has 148 valence electrons. The molecule has 7 nitrogen and oxygen atoms in total. The maximum absolute atomic E-state index is 12.5. The molecular formula is C17H28ClN3O4S. The van der Waals surface area contributed by atoms with Gasteiger partial charge in [0.15, 0.2) is 0 Å². The molecule has 0 aromatic heterocycles. The van der Waals surface area contributed by atoms with Gasteiger partial charge in [0, 0.05) is 19.6 Å². The summed E-state index contributed by atoms with van der Waals surface area (Å²) in [7, 11) is -3.49. The first-order valence-corrected chi connectivity index (χ1v) is 10.0. The van der Waals surface area contributed by atoms with Crippen molar-refractivity contribution in [3.63, 3.8) is 0 Å². The van der Waals surface area contributed by atoms with E-state index in [1.54, 1.807) is 24.3 Å². The van der Waals surface area contributed by atoms with E-state index in [0.29, 0.717) is 32.8 Å². The van der Waals surface area contributed by atoms with Crippen LogP contribution in [0.2, 0.25) is 0 Å². The zero-order valence-corrected chi connectivity index (χ0v) is 16.8. The topological polar surface area (TPSA) is 102 Å². The second-order valence-electron chi connectivity index (χ2n) is 6.29. The van der Waals surface area contributed by atoms with Crippen LogP contribution in [0.15, 0.2) is 29.2 Å². The third-order valence-corrected chi connectivity index (χ3v) is 6.47. The van der Waals surface area contributed by atoms with E-state index in [1.807, 2.05) is 13.8 Å². The Labute approximate surface area is 161 Å². The van der Waals surface area contributed by atoms with E-state index >= 15 is 0 Å². The molecule has 1 aromatic rings. The van der Waals surface area contributed by atoms with Crippen molar-refractivity contribution in [2.75, 3.05) is 26.3 Å². The molecule has 0 radical (unpaired) electrons. The highest BCUT2D eigenvalue weighted by molar-refractivity contribution is 7.89. The lowest BCUT2D eigenvalue weighted by Crippen LogP contribution is -2.44. The SMILES string of the molecule is CCC(C)C(N)C(=O)NCc1ccc(S(=O)(=O)N2CCOCC2)cc1.Cl. The largest absolute Gasteiger partial charge is 0.379 e. The summed E-state index contributed by atoms with van der Waals surface area (Å²) in [5.74, 6) is -0.0830. The minimum atomic E-state index is -3.49. The van der Waals surface area contributed by atoms with Crippen LogP contribution < -0.4 is 11.1 Å². The van der Waals surface area contributed by atoms with E-state index in [2.05, 4.69) is 5.32 Å². The molecule has 0 spiro atoms. The fourth-order valence-corrected chi connectivity index (χ4v) is 3.94. The highest BCUT2D eigenvalue weighted by Crippen LogP contribution is 2.17. The van der Waals surface area contributed by atoms with E-state index < -0.39 is 16.1 Å². The Morgan fingerprint density at radius 1 is 1.27 bits per heavy atom. The van der Waals surface area contributed by atoms with Crippen LogP contribution in [0.4, 0.5) is 0 Å². The van der Waals surface area contributed by atoms with E-state index in [1.165, 1.54) is 4.31 Å². The molecule has 2 atom stereocenters. The van der Waals surface area contributed by atoms with Gasteiger partial charge in [-0.2, -0.15) is 4.31 Å². The van der Waals surface area contributed by atoms with Gasteiger partial charge in [-0.15, -0.1) is 12.4 Å². The van der Waals surface area contributed by atoms with Gasteiger partial charge in [-0.1, -0.05) is 32.4 Å². The van der Waals surface area contributed by atoms with Crippen molar-refractivity contribution in [2.24, 2.45) is 11.7 Å². The fourth-order valence-electron chi connectivity index (χ4n) is 2.53. The number of halogens is 1. The molecule has 2 unspecified atom stereocenters. The molecule has 0 saturated carbocycles. The van der Waals surface area contributed by atoms with E-state index in [9.17, 15) is 13.2 Å². The van der Waals surface area contributed by atoms with Gasteiger partial charge in [0.05, 0.1) is 24.2 Å². The third kappa shape index (κ3) is 5.65. The Hall–Kier alpha value is -1.19. The molecule has 1 fully saturated rings. The van der Waals surface area contributed by atoms with Crippen molar-refractivity contribution in [3.8, 4) is 0 Å². The monoisotopic (exact) mass is 405 g/mol. The van der Waals surface area contributed by atoms with Gasteiger partial charge in [0.2, 0.25) is 15.9 Å². The number of amides is 1. The summed E-state index contributed by atoms with van der Waals surface area (Å²) in [4.78, 5) is 12.2. The number of sulfonamides is 1. The molecule has 1 aromatic carbocycles. The number of hydrogen-bond acceptors (Lipinski definition) is 5. The first-order chi connectivity index (χ1) is 11.9. The maximum Gasteiger partial charge on any atom is 0.243 e. The number of carbonyl (C=O) groups is 1. The lowest BCUT2D eigenvalue weighted by Gasteiger charge is -2.26. The molecule has 26 heavy (non-hydrogen) atoms. The number of morpholine rings is 1. The van der Waals surface area contributed by atoms with Gasteiger partial charge in [0.1, 0.15) is 0 Å². The Morgan fingerprint density at radius 2 is 1.85 bits per heavy atom. The van der Waals surface area contributed by atoms with Crippen LogP contribution in [0.25, 0.3) is 0 Å². The summed E-state index contributed by atoms with van der Waals surface area (Å²) in [6, 6.07) is 6.03. The second kappa shape index (κ2) is 10.2. The van der Waals surface area contributed by atoms with Crippen LogP contribution >= 0.6 is 12.4 Å². The number of nitrogens with two attached hydrogens (primary N) is 1. The van der Waals surface area contributed by atoms with Crippen LogP contribution in [-0.4, -0.2) is 51.0 Å². The first-order valence-electron chi connectivity index (χ1n) is 8.56. The molecule has 1 aliphatic rings. The van der Waals surface area contributed by atoms with E-state index in [4.69, 9.17) is 10.5 Å². The van der Waals surface area contributed by atoms with Gasteiger partial charge >= 0.3 is 0 Å². The van der Waals surface area contributed by atoms with E-state index in [-0.39, 0.29) is 29.1 Å². The molecule has 2 rings (SSSR count). The number of hydrogen-bond donors (Lipinski definition) is 2. The lowest BCUT2D eigenvalue weighted by molar-refractivity contribution is -0.123. The lowest BCUT2D eigenvalue weighted by atomic mass is 9.99. The molecule has 1 saturated heterocycles. The molecule has 3 N–H and O–H groups in total. The highest BCUT2D eigenvalue weighted by atomic mass is 35.5. The quantitative estimate of drug-likeness (QED) is 0.707. The predicted molar refractivity (Wildman–Crippen MR) is 103 cm³/mol. The zero-order chi connectivity index (χ0) is 18.4. The predicted octanol–water partition coefficient (Wildman–Crippen LogP) is 1.12. The minimum Gasteiger partial charge on any atom is -0.379 e. The average molecular weight is 406 g/mol. The molecule has 1 amide bonds. The average Bonchev–Trinajstić information content (AvgIpc) is 2.65. The van der Waals surface area contributed by atoms with Gasteiger partial charge in [0.25, 0.3) is 0 Å². The van der Waals surface area contributed by atoms with Gasteiger partial charge in [-0.05, 0) is 23.6 Å². The van der Waals surface area contributed by atoms with E-state index in [0.717, 1.165) is 12.0 Å². The van der Waals surface area contributed by atoms with Crippen LogP contribution in [-0.2, 0) is 26.1 Å². The second-order valence-corrected chi connectivity index (χ2v) is 8.23. The number of carbonyl (C=O) groups excluding carboxylic acids is 1. The molecule has 9 heteroatoms. The number of rotatable bonds is 7. The summed E-state index contributed by atoms with van der Waals surface area (Å²) < 4.78 is 31.7. The number of nitrogens with one attached hydrogen (secondary N) is 1. The summed E-state index contributed by atoms with van der Waals surface area (Å²) in [6.07, 6.45) is 0.836. The van der Waals surface area contributed by atoms with Crippen molar-refractivity contribution in [1.29, 1.82) is 0 Å². The van der Waals surface area contributed by atoms with Crippen LogP contribution in [0, 0.1) is 5.92 Å². The molecular weight excluding hydrogens is 378 g/mol. The van der Waals surface area contributed by atoms with Gasteiger partial charge in [-0.3, -0.25) is 4.79 Å². The summed E-state index contributed by atoms with van der Waals surface area (Å²) in [5.41, 5.74) is 6.72. The maximum atomic E-state index is 12.5. The molecule has 0 bridgehead atoms. The van der Waals surface area contributed by atoms with Crippen molar-refractivity contribution in [3.05, 3.63) is 29.8 Å². The standard InChI is InChI=1S/C17H27N3O4S.ClH/c1-3-13(2)16(18)17(21)19-12-14-4-6-15(7-5-14)25(22,23)20-8-10-24-11-9-20;/h4-7,13,16H,3,8-12,18H2,1-2H3,(H,19,21);1H. The fraction of sp³-hybridized carbons (Fsp3) is 0.588. The number of ether oxygens (including phenoxy) is 1. The number of nitrogens with zero attached hydrogens (tertiary/aromatic N) is 1. The molecule has 1 heterocycles. The number of benzene rings is 1. The van der Waals surface area contributed by atoms with Crippen LogP contribution in [0.3, 0.4) is 0 Å². The van der Waals surface area contributed by atoms with Crippen molar-refractivity contribution in [2.45, 2.75) is 37.8 Å². The smallest absolute Gasteiger partial charge is 0.243 e. The van der Waals surface area contributed by atoms with Gasteiger partial charge < -0.3 is 15.8 Å². The molecule has 0 aliphatic carbocycles. The summed E-state index contributed by atoms with van der Waals surface area (Å²) >= 11 is 0. The van der Waals surface area contributed by atoms with Gasteiger partial charge in [-0.25, -0.2) is 8.42 Å². The van der Waals surface area contributed by atoms with Crippen LogP contribution in [0.5, 0.6) is 0 Å². The van der Waals surface area contributed by atoms with Crippen molar-refractivity contribution in [1.82, 2.24) is 9.62 Å². The Morgan fingerprint density at radius 3 is 2.38 bits per heavy atom. The first kappa shape index (κ1) is 22.9. The Balaban J connectivity index is 0.00000338. The zero-order valence-electron chi connectivity index (χ0n) is 15.2. The normalized spacial score (nSPS) is 17.8.